The third-order valence-electron chi connectivity index (χ3n) is 2.89. The maximum Gasteiger partial charge on any atom is 0.339 e. The zero-order valence-electron chi connectivity index (χ0n) is 11.3. The van der Waals surface area contributed by atoms with Crippen LogP contribution in [0.1, 0.15) is 26.3 Å². The number of hydrogen-bond acceptors (Lipinski definition) is 5. The number of esters is 1. The molecule has 0 aliphatic rings. The Balaban J connectivity index is 2.07. The molecule has 0 saturated carbocycles. The molecule has 0 aliphatic heterocycles. The zero-order chi connectivity index (χ0) is 16.1. The van der Waals surface area contributed by atoms with Crippen LogP contribution < -0.4 is 0 Å². The van der Waals surface area contributed by atoms with Crippen molar-refractivity contribution in [2.45, 2.75) is 6.61 Å². The molecule has 2 aromatic rings. The third-order valence-corrected chi connectivity index (χ3v) is 2.89. The van der Waals surface area contributed by atoms with E-state index in [1.807, 2.05) is 0 Å². The predicted molar refractivity (Wildman–Crippen MR) is 75.6 cm³/mol. The van der Waals surface area contributed by atoms with E-state index in [0.29, 0.717) is 5.56 Å². The molecular weight excluding hydrogens is 290 g/mol. The second-order valence-electron chi connectivity index (χ2n) is 4.35. The van der Waals surface area contributed by atoms with E-state index in [1.165, 1.54) is 48.5 Å². The Hall–Kier alpha value is -3.22. The number of carboxylic acids is 1. The molecule has 2 aromatic carbocycles. The molecule has 112 valence electrons. The predicted octanol–water partition coefficient (Wildman–Crippen LogP) is 2.65. The molecule has 2 rings (SSSR count). The molecule has 0 saturated heterocycles. The van der Waals surface area contributed by atoms with Crippen molar-refractivity contribution in [1.82, 2.24) is 0 Å². The van der Waals surface area contributed by atoms with Crippen LogP contribution in [0.3, 0.4) is 0 Å². The molecule has 0 aromatic heterocycles. The number of carbonyl (C=O) groups excluding carboxylic acids is 1. The van der Waals surface area contributed by atoms with Gasteiger partial charge in [0.25, 0.3) is 5.69 Å². The van der Waals surface area contributed by atoms with E-state index in [9.17, 15) is 19.7 Å². The minimum atomic E-state index is -1.22. The number of nitro benzene ring substituents is 1. The Morgan fingerprint density at radius 1 is 1.05 bits per heavy atom. The molecule has 22 heavy (non-hydrogen) atoms. The monoisotopic (exact) mass is 301 g/mol. The van der Waals surface area contributed by atoms with Crippen molar-refractivity contribution >= 4 is 17.6 Å². The van der Waals surface area contributed by atoms with Crippen LogP contribution in [0.5, 0.6) is 0 Å². The lowest BCUT2D eigenvalue weighted by atomic mass is 10.1. The first kappa shape index (κ1) is 15.2. The summed E-state index contributed by atoms with van der Waals surface area (Å²) in [5, 5.41) is 19.5. The summed E-state index contributed by atoms with van der Waals surface area (Å²) in [4.78, 5) is 33.0. The summed E-state index contributed by atoms with van der Waals surface area (Å²) in [6.07, 6.45) is 0. The van der Waals surface area contributed by atoms with E-state index in [2.05, 4.69) is 0 Å². The highest BCUT2D eigenvalue weighted by Crippen LogP contribution is 2.15. The van der Waals surface area contributed by atoms with Gasteiger partial charge in [0.2, 0.25) is 0 Å². The maximum absolute atomic E-state index is 11.9. The number of aromatic carboxylic acids is 1. The lowest BCUT2D eigenvalue weighted by Gasteiger charge is -2.07. The second-order valence-corrected chi connectivity index (χ2v) is 4.35. The maximum atomic E-state index is 11.9. The summed E-state index contributed by atoms with van der Waals surface area (Å²) in [5.41, 5.74) is 0.311. The van der Waals surface area contributed by atoms with E-state index in [-0.39, 0.29) is 23.4 Å². The smallest absolute Gasteiger partial charge is 0.339 e. The van der Waals surface area contributed by atoms with Gasteiger partial charge in [-0.05, 0) is 29.8 Å². The molecule has 0 amide bonds. The normalized spacial score (nSPS) is 10.0. The number of benzene rings is 2. The topological polar surface area (TPSA) is 107 Å². The van der Waals surface area contributed by atoms with Gasteiger partial charge in [0.05, 0.1) is 16.1 Å². The van der Waals surface area contributed by atoms with Crippen LogP contribution in [0.25, 0.3) is 0 Å². The zero-order valence-corrected chi connectivity index (χ0v) is 11.3. The first-order chi connectivity index (χ1) is 10.5. The lowest BCUT2D eigenvalue weighted by molar-refractivity contribution is -0.384. The van der Waals surface area contributed by atoms with E-state index < -0.39 is 16.9 Å². The number of hydrogen-bond donors (Lipinski definition) is 1. The van der Waals surface area contributed by atoms with Crippen LogP contribution >= 0.6 is 0 Å². The van der Waals surface area contributed by atoms with Crippen molar-refractivity contribution in [2.24, 2.45) is 0 Å². The summed E-state index contributed by atoms with van der Waals surface area (Å²) in [5.74, 6) is -1.99. The van der Waals surface area contributed by atoms with Gasteiger partial charge in [-0.1, -0.05) is 12.1 Å². The number of non-ortho nitro benzene ring substituents is 1. The largest absolute Gasteiger partial charge is 0.478 e. The minimum absolute atomic E-state index is 0.0445. The summed E-state index contributed by atoms with van der Waals surface area (Å²) >= 11 is 0. The van der Waals surface area contributed by atoms with Crippen molar-refractivity contribution in [1.29, 1.82) is 0 Å². The number of nitro groups is 1. The van der Waals surface area contributed by atoms with E-state index in [4.69, 9.17) is 9.84 Å². The summed E-state index contributed by atoms with van der Waals surface area (Å²) in [6.45, 7) is -0.106. The van der Waals surface area contributed by atoms with Crippen molar-refractivity contribution in [2.75, 3.05) is 0 Å². The highest BCUT2D eigenvalue weighted by atomic mass is 16.6. The SMILES string of the molecule is O=C(O)c1ccccc1C(=O)OCc1ccc([N+](=O)[O-])cc1. The highest BCUT2D eigenvalue weighted by Gasteiger charge is 2.17. The van der Waals surface area contributed by atoms with E-state index in [0.717, 1.165) is 0 Å². The van der Waals surface area contributed by atoms with Gasteiger partial charge in [0.15, 0.2) is 0 Å². The molecule has 7 nitrogen and oxygen atoms in total. The van der Waals surface area contributed by atoms with Gasteiger partial charge in [-0.25, -0.2) is 9.59 Å². The fourth-order valence-electron chi connectivity index (χ4n) is 1.79. The Kier molecular flexibility index (Phi) is 4.47. The first-order valence-electron chi connectivity index (χ1n) is 6.22. The number of nitrogens with zero attached hydrogens (tertiary/aromatic N) is 1. The molecule has 0 spiro atoms. The molecule has 0 unspecified atom stereocenters. The number of carbonyl (C=O) groups is 2. The molecule has 0 radical (unpaired) electrons. The van der Waals surface area contributed by atoms with Crippen LogP contribution in [-0.2, 0) is 11.3 Å². The molecule has 0 bridgehead atoms. The van der Waals surface area contributed by atoms with E-state index in [1.54, 1.807) is 0 Å². The molecule has 0 aliphatic carbocycles. The van der Waals surface area contributed by atoms with Crippen molar-refractivity contribution in [3.05, 3.63) is 75.3 Å². The highest BCUT2D eigenvalue weighted by molar-refractivity contribution is 6.02. The molecule has 7 heteroatoms. The fourth-order valence-corrected chi connectivity index (χ4v) is 1.79. The second kappa shape index (κ2) is 6.49. The van der Waals surface area contributed by atoms with Crippen molar-refractivity contribution in [3.63, 3.8) is 0 Å². The average molecular weight is 301 g/mol. The molecular formula is C15H11NO6. The Labute approximate surface area is 124 Å². The lowest BCUT2D eigenvalue weighted by Crippen LogP contribution is -2.11. The average Bonchev–Trinajstić information content (AvgIpc) is 2.53. The molecule has 0 atom stereocenters. The van der Waals surface area contributed by atoms with Gasteiger partial charge in [-0.3, -0.25) is 10.1 Å². The quantitative estimate of drug-likeness (QED) is 0.517. The summed E-state index contributed by atoms with van der Waals surface area (Å²) < 4.78 is 5.03. The molecule has 1 N–H and O–H groups in total. The third kappa shape index (κ3) is 3.45. The first-order valence-corrected chi connectivity index (χ1v) is 6.22. The Bertz CT molecular complexity index is 723. The van der Waals surface area contributed by atoms with Gasteiger partial charge in [-0.15, -0.1) is 0 Å². The van der Waals surface area contributed by atoms with Crippen LogP contribution in [-0.4, -0.2) is 22.0 Å². The van der Waals surface area contributed by atoms with Crippen molar-refractivity contribution < 1.29 is 24.4 Å². The van der Waals surface area contributed by atoms with Gasteiger partial charge in [0.1, 0.15) is 6.61 Å². The van der Waals surface area contributed by atoms with Gasteiger partial charge in [0, 0.05) is 12.1 Å². The van der Waals surface area contributed by atoms with Crippen LogP contribution in [0.2, 0.25) is 0 Å². The van der Waals surface area contributed by atoms with Gasteiger partial charge in [-0.2, -0.15) is 0 Å². The minimum Gasteiger partial charge on any atom is -0.478 e. The molecule has 0 heterocycles. The Morgan fingerprint density at radius 2 is 1.64 bits per heavy atom. The summed E-state index contributed by atoms with van der Waals surface area (Å²) in [7, 11) is 0. The number of ether oxygens (including phenoxy) is 1. The summed E-state index contributed by atoms with van der Waals surface area (Å²) in [6, 6.07) is 11.3. The number of carboxylic acid groups (broad SMARTS) is 1. The van der Waals surface area contributed by atoms with Crippen LogP contribution in [0.4, 0.5) is 5.69 Å². The fraction of sp³-hybridized carbons (Fsp3) is 0.0667. The standard InChI is InChI=1S/C15H11NO6/c17-14(18)12-3-1-2-4-13(12)15(19)22-9-10-5-7-11(8-6-10)16(20)21/h1-8H,9H2,(H,17,18). The van der Waals surface area contributed by atoms with Crippen LogP contribution in [0.15, 0.2) is 48.5 Å². The van der Waals surface area contributed by atoms with Gasteiger partial charge >= 0.3 is 11.9 Å². The molecule has 0 fully saturated rings. The van der Waals surface area contributed by atoms with E-state index >= 15 is 0 Å². The van der Waals surface area contributed by atoms with Crippen molar-refractivity contribution in [3.8, 4) is 0 Å². The van der Waals surface area contributed by atoms with Crippen LogP contribution in [0, 0.1) is 10.1 Å². The Morgan fingerprint density at radius 3 is 2.18 bits per heavy atom. The number of rotatable bonds is 5. The van der Waals surface area contributed by atoms with Gasteiger partial charge < -0.3 is 9.84 Å².